The van der Waals surface area contributed by atoms with E-state index in [0.717, 1.165) is 29.9 Å². The molecule has 7 nitrogen and oxygen atoms in total. The lowest BCUT2D eigenvalue weighted by atomic mass is 10.2. The number of carbonyl (C=O) groups is 1. The van der Waals surface area contributed by atoms with Crippen LogP contribution in [0, 0.1) is 13.8 Å². The highest BCUT2D eigenvalue weighted by molar-refractivity contribution is 5.86. The van der Waals surface area contributed by atoms with Gasteiger partial charge in [-0.2, -0.15) is 0 Å². The van der Waals surface area contributed by atoms with Crippen LogP contribution < -0.4 is 10.6 Å². The highest BCUT2D eigenvalue weighted by Gasteiger charge is 2.17. The summed E-state index contributed by atoms with van der Waals surface area (Å²) in [6.45, 7) is 4.51. The zero-order chi connectivity index (χ0) is 16.8. The predicted octanol–water partition coefficient (Wildman–Crippen LogP) is 1.36. The molecule has 0 radical (unpaired) electrons. The number of guanidine groups is 1. The monoisotopic (exact) mass is 321 g/mol. The topological polar surface area (TPSA) is 82.8 Å². The number of hydrogen-bond acceptors (Lipinski definition) is 4. The van der Waals surface area contributed by atoms with Crippen LogP contribution in [0.5, 0.6) is 0 Å². The second-order valence-electron chi connectivity index (χ2n) is 6.23. The van der Waals surface area contributed by atoms with E-state index in [1.807, 2.05) is 13.8 Å². The lowest BCUT2D eigenvalue weighted by molar-refractivity contribution is -0.127. The van der Waals surface area contributed by atoms with Crippen molar-refractivity contribution in [1.29, 1.82) is 0 Å². The van der Waals surface area contributed by atoms with E-state index >= 15 is 0 Å². The summed E-state index contributed by atoms with van der Waals surface area (Å²) in [4.78, 5) is 18.0. The first-order valence-electron chi connectivity index (χ1n) is 8.14. The normalized spacial score (nSPS) is 15.7. The first kappa shape index (κ1) is 17.3. The van der Waals surface area contributed by atoms with Crippen LogP contribution in [0.2, 0.25) is 0 Å². The average molecular weight is 321 g/mol. The smallest absolute Gasteiger partial charge is 0.241 e. The highest BCUT2D eigenvalue weighted by Crippen LogP contribution is 2.17. The number of aromatic nitrogens is 1. The molecule has 2 rings (SSSR count). The number of aliphatic imine (C=N–C) groups is 1. The SMILES string of the molecule is Cc1noc(C)c1CN=C(NCC(=O)N(C)C)NC1CCCC1. The molecule has 1 aromatic rings. The van der Waals surface area contributed by atoms with Gasteiger partial charge in [0.1, 0.15) is 5.76 Å². The maximum Gasteiger partial charge on any atom is 0.241 e. The number of rotatable bonds is 5. The summed E-state index contributed by atoms with van der Waals surface area (Å²) in [7, 11) is 3.49. The van der Waals surface area contributed by atoms with Crippen molar-refractivity contribution < 1.29 is 9.32 Å². The Morgan fingerprint density at radius 2 is 2.04 bits per heavy atom. The minimum absolute atomic E-state index is 0.0169. The van der Waals surface area contributed by atoms with Gasteiger partial charge in [0.05, 0.1) is 18.8 Å². The quantitative estimate of drug-likeness (QED) is 0.632. The molecule has 0 aromatic carbocycles. The molecule has 0 aliphatic heterocycles. The fourth-order valence-corrected chi connectivity index (χ4v) is 2.62. The molecule has 1 saturated carbocycles. The summed E-state index contributed by atoms with van der Waals surface area (Å²) < 4.78 is 5.17. The zero-order valence-corrected chi connectivity index (χ0v) is 14.5. The molecule has 0 bridgehead atoms. The van der Waals surface area contributed by atoms with E-state index in [1.165, 1.54) is 12.8 Å². The second-order valence-corrected chi connectivity index (χ2v) is 6.23. The number of hydrogen-bond donors (Lipinski definition) is 2. The number of amides is 1. The summed E-state index contributed by atoms with van der Waals surface area (Å²) >= 11 is 0. The fraction of sp³-hybridized carbons (Fsp3) is 0.688. The Morgan fingerprint density at radius 3 is 2.61 bits per heavy atom. The number of aryl methyl sites for hydroxylation is 2. The lowest BCUT2D eigenvalue weighted by Crippen LogP contribution is -2.46. The minimum Gasteiger partial charge on any atom is -0.361 e. The van der Waals surface area contributed by atoms with Crippen molar-refractivity contribution in [2.75, 3.05) is 20.6 Å². The number of carbonyl (C=O) groups excluding carboxylic acids is 1. The highest BCUT2D eigenvalue weighted by atomic mass is 16.5. The third-order valence-electron chi connectivity index (χ3n) is 4.18. The molecule has 23 heavy (non-hydrogen) atoms. The molecule has 7 heteroatoms. The van der Waals surface area contributed by atoms with Crippen molar-refractivity contribution in [3.8, 4) is 0 Å². The van der Waals surface area contributed by atoms with E-state index in [-0.39, 0.29) is 12.5 Å². The summed E-state index contributed by atoms with van der Waals surface area (Å²) in [5.41, 5.74) is 1.85. The maximum atomic E-state index is 11.8. The largest absolute Gasteiger partial charge is 0.361 e. The van der Waals surface area contributed by atoms with Crippen molar-refractivity contribution in [3.63, 3.8) is 0 Å². The van der Waals surface area contributed by atoms with Gasteiger partial charge < -0.3 is 20.1 Å². The standard InChI is InChI=1S/C16H27N5O2/c1-11-14(12(2)23-20-11)9-17-16(18-10-15(22)21(3)4)19-13-7-5-6-8-13/h13H,5-10H2,1-4H3,(H2,17,18,19). The molecule has 1 amide bonds. The van der Waals surface area contributed by atoms with Crippen molar-refractivity contribution in [3.05, 3.63) is 17.0 Å². The molecule has 0 unspecified atom stereocenters. The van der Waals surface area contributed by atoms with Crippen molar-refractivity contribution in [2.24, 2.45) is 4.99 Å². The molecule has 2 N–H and O–H groups in total. The Hall–Kier alpha value is -2.05. The van der Waals surface area contributed by atoms with Crippen LogP contribution in [-0.2, 0) is 11.3 Å². The van der Waals surface area contributed by atoms with Crippen molar-refractivity contribution >= 4 is 11.9 Å². The van der Waals surface area contributed by atoms with Crippen LogP contribution >= 0.6 is 0 Å². The molecule has 1 fully saturated rings. The number of likely N-dealkylation sites (N-methyl/N-ethyl adjacent to an activating group) is 1. The Morgan fingerprint density at radius 1 is 1.35 bits per heavy atom. The Labute approximate surface area is 137 Å². The molecule has 0 saturated heterocycles. The van der Waals surface area contributed by atoms with Gasteiger partial charge in [0.2, 0.25) is 5.91 Å². The third-order valence-corrected chi connectivity index (χ3v) is 4.18. The van der Waals surface area contributed by atoms with Gasteiger partial charge in [-0.3, -0.25) is 4.79 Å². The summed E-state index contributed by atoms with van der Waals surface area (Å²) in [6, 6.07) is 0.431. The number of nitrogens with zero attached hydrogens (tertiary/aromatic N) is 3. The van der Waals surface area contributed by atoms with Crippen molar-refractivity contribution in [1.82, 2.24) is 20.7 Å². The van der Waals surface area contributed by atoms with E-state index in [9.17, 15) is 4.79 Å². The number of nitrogens with one attached hydrogen (secondary N) is 2. The molecule has 128 valence electrons. The minimum atomic E-state index is 0.0169. The van der Waals surface area contributed by atoms with E-state index in [1.54, 1.807) is 19.0 Å². The second kappa shape index (κ2) is 7.99. The van der Waals surface area contributed by atoms with Crippen LogP contribution in [0.1, 0.15) is 42.7 Å². The van der Waals surface area contributed by atoms with Gasteiger partial charge in [-0.1, -0.05) is 18.0 Å². The first-order valence-corrected chi connectivity index (χ1v) is 8.14. The van der Waals surface area contributed by atoms with Gasteiger partial charge >= 0.3 is 0 Å². The van der Waals surface area contributed by atoms with Crippen molar-refractivity contribution in [2.45, 2.75) is 52.1 Å². The molecule has 1 aromatic heterocycles. The Kier molecular flexibility index (Phi) is 6.01. The summed E-state index contributed by atoms with van der Waals surface area (Å²) in [5, 5.41) is 10.5. The van der Waals surface area contributed by atoms with Gasteiger partial charge in [0.15, 0.2) is 5.96 Å². The van der Waals surface area contributed by atoms with Crippen LogP contribution in [0.4, 0.5) is 0 Å². The van der Waals surface area contributed by atoms with E-state index in [4.69, 9.17) is 4.52 Å². The predicted molar refractivity (Wildman–Crippen MR) is 89.2 cm³/mol. The van der Waals surface area contributed by atoms with E-state index < -0.39 is 0 Å². The van der Waals surface area contributed by atoms with Crippen LogP contribution in [0.15, 0.2) is 9.52 Å². The van der Waals surface area contributed by atoms with Gasteiger partial charge in [0.25, 0.3) is 0 Å². The molecule has 1 aliphatic carbocycles. The van der Waals surface area contributed by atoms with Gasteiger partial charge in [-0.15, -0.1) is 0 Å². The van der Waals surface area contributed by atoms with Gasteiger partial charge in [-0.05, 0) is 26.7 Å². The van der Waals surface area contributed by atoms with Crippen LogP contribution in [0.25, 0.3) is 0 Å². The molecule has 0 atom stereocenters. The van der Waals surface area contributed by atoms with Gasteiger partial charge in [-0.25, -0.2) is 4.99 Å². The average Bonchev–Trinajstić information content (AvgIpc) is 3.12. The first-order chi connectivity index (χ1) is 11.0. The maximum absolute atomic E-state index is 11.8. The molecular formula is C16H27N5O2. The fourth-order valence-electron chi connectivity index (χ4n) is 2.62. The van der Waals surface area contributed by atoms with Gasteiger partial charge in [0, 0.05) is 25.7 Å². The lowest BCUT2D eigenvalue weighted by Gasteiger charge is -2.18. The van der Waals surface area contributed by atoms with Crippen LogP contribution in [-0.4, -0.2) is 48.6 Å². The summed E-state index contributed by atoms with van der Waals surface area (Å²) in [5.74, 6) is 1.48. The molecule has 1 aliphatic rings. The molecule has 1 heterocycles. The third kappa shape index (κ3) is 4.97. The van der Waals surface area contributed by atoms with E-state index in [2.05, 4.69) is 20.8 Å². The van der Waals surface area contributed by atoms with Crippen LogP contribution in [0.3, 0.4) is 0 Å². The molecule has 0 spiro atoms. The zero-order valence-electron chi connectivity index (χ0n) is 14.5. The van der Waals surface area contributed by atoms with E-state index in [0.29, 0.717) is 18.5 Å². The Balaban J connectivity index is 2.01. The Bertz CT molecular complexity index is 539. The summed E-state index contributed by atoms with van der Waals surface area (Å²) in [6.07, 6.45) is 4.78. The molecular weight excluding hydrogens is 294 g/mol.